The highest BCUT2D eigenvalue weighted by atomic mass is 16.5. The Balaban J connectivity index is 1.54. The Morgan fingerprint density at radius 1 is 1.19 bits per heavy atom. The van der Waals surface area contributed by atoms with Crippen LogP contribution >= 0.6 is 0 Å². The van der Waals surface area contributed by atoms with Crippen LogP contribution in [0.4, 0.5) is 0 Å². The van der Waals surface area contributed by atoms with Crippen molar-refractivity contribution in [2.24, 2.45) is 22.7 Å². The number of likely N-dealkylation sites (tertiary alicyclic amines) is 1. The van der Waals surface area contributed by atoms with Gasteiger partial charge in [-0.15, -0.1) is 0 Å². The molecule has 3 atom stereocenters. The number of piperidine rings is 1. The van der Waals surface area contributed by atoms with Crippen LogP contribution in [-0.4, -0.2) is 36.6 Å². The number of ether oxygens (including phenoxy) is 1. The smallest absolute Gasteiger partial charge is 0.320 e. The second-order valence-electron chi connectivity index (χ2n) is 8.55. The molecule has 2 aliphatic carbocycles. The van der Waals surface area contributed by atoms with Gasteiger partial charge < -0.3 is 4.74 Å². The van der Waals surface area contributed by atoms with Crippen LogP contribution < -0.4 is 0 Å². The van der Waals surface area contributed by atoms with E-state index in [4.69, 9.17) is 4.74 Å². The Hall–Kier alpha value is -0.570. The topological polar surface area (TPSA) is 29.5 Å². The summed E-state index contributed by atoms with van der Waals surface area (Å²) >= 11 is 0. The van der Waals surface area contributed by atoms with Gasteiger partial charge in [-0.2, -0.15) is 0 Å². The maximum atomic E-state index is 12.3. The lowest BCUT2D eigenvalue weighted by atomic mass is 9.70. The molecule has 0 spiro atoms. The van der Waals surface area contributed by atoms with E-state index in [1.807, 2.05) is 0 Å². The number of nitrogens with zero attached hydrogens (tertiary/aromatic N) is 1. The summed E-state index contributed by atoms with van der Waals surface area (Å²) in [7, 11) is 0. The summed E-state index contributed by atoms with van der Waals surface area (Å²) in [5, 5.41) is 0. The number of rotatable bonds is 3. The zero-order chi connectivity index (χ0) is 15.3. The average molecular weight is 293 g/mol. The fourth-order valence-corrected chi connectivity index (χ4v) is 4.91. The molecule has 120 valence electrons. The van der Waals surface area contributed by atoms with Crippen molar-refractivity contribution in [3.05, 3.63) is 0 Å². The predicted octanol–water partition coefficient (Wildman–Crippen LogP) is 3.48. The van der Waals surface area contributed by atoms with Gasteiger partial charge in [-0.25, -0.2) is 0 Å². The first kappa shape index (κ1) is 15.3. The molecule has 3 heteroatoms. The lowest BCUT2D eigenvalue weighted by molar-refractivity contribution is -0.158. The van der Waals surface area contributed by atoms with Gasteiger partial charge in [0.2, 0.25) is 0 Å². The van der Waals surface area contributed by atoms with Gasteiger partial charge in [-0.05, 0) is 62.4 Å². The molecule has 0 amide bonds. The Labute approximate surface area is 129 Å². The highest BCUT2D eigenvalue weighted by molar-refractivity contribution is 5.72. The average Bonchev–Trinajstić information content (AvgIpc) is 2.74. The van der Waals surface area contributed by atoms with Gasteiger partial charge in [0, 0.05) is 5.41 Å². The fraction of sp³-hybridized carbons (Fsp3) is 0.944. The van der Waals surface area contributed by atoms with Crippen LogP contribution in [0.15, 0.2) is 0 Å². The minimum absolute atomic E-state index is 0.000807. The minimum atomic E-state index is -0.000807. The van der Waals surface area contributed by atoms with Crippen molar-refractivity contribution in [1.82, 2.24) is 4.90 Å². The molecule has 0 unspecified atom stereocenters. The van der Waals surface area contributed by atoms with Crippen molar-refractivity contribution in [3.63, 3.8) is 0 Å². The van der Waals surface area contributed by atoms with E-state index in [2.05, 4.69) is 32.6 Å². The first-order valence-electron chi connectivity index (χ1n) is 8.75. The molecule has 2 bridgehead atoms. The van der Waals surface area contributed by atoms with Crippen molar-refractivity contribution in [3.8, 4) is 0 Å². The Morgan fingerprint density at radius 3 is 2.38 bits per heavy atom. The summed E-state index contributed by atoms with van der Waals surface area (Å²) in [6, 6.07) is 0. The second-order valence-corrected chi connectivity index (χ2v) is 8.55. The molecule has 0 aromatic heterocycles. The number of fused-ring (bicyclic) bond motifs is 2. The maximum absolute atomic E-state index is 12.3. The molecule has 3 aliphatic rings. The summed E-state index contributed by atoms with van der Waals surface area (Å²) in [5.74, 6) is 1.54. The Bertz CT molecular complexity index is 411. The molecule has 0 aromatic carbocycles. The molecular formula is C18H31NO2. The van der Waals surface area contributed by atoms with Gasteiger partial charge in [-0.3, -0.25) is 9.69 Å². The van der Waals surface area contributed by atoms with Gasteiger partial charge in [0.15, 0.2) is 0 Å². The highest BCUT2D eigenvalue weighted by Crippen LogP contribution is 2.66. The molecule has 1 heterocycles. The zero-order valence-electron chi connectivity index (χ0n) is 14.2. The van der Waals surface area contributed by atoms with E-state index >= 15 is 0 Å². The fourth-order valence-electron chi connectivity index (χ4n) is 4.91. The van der Waals surface area contributed by atoms with Crippen LogP contribution in [0, 0.1) is 22.7 Å². The molecule has 0 aromatic rings. The third kappa shape index (κ3) is 2.52. The first-order valence-corrected chi connectivity index (χ1v) is 8.75. The molecule has 21 heavy (non-hydrogen) atoms. The standard InChI is InChI=1S/C18H31NO2/c1-13-6-9-19(10-7-13)12-16(20)21-15-11-14-5-8-18(15,4)17(14,2)3/h13-15H,5-12H2,1-4H3/t14-,15+,18+/m0/s1. The van der Waals surface area contributed by atoms with Crippen molar-refractivity contribution in [1.29, 1.82) is 0 Å². The Kier molecular flexibility index (Phi) is 3.84. The van der Waals surface area contributed by atoms with E-state index in [0.717, 1.165) is 31.3 Å². The summed E-state index contributed by atoms with van der Waals surface area (Å²) < 4.78 is 5.93. The monoisotopic (exact) mass is 293 g/mol. The number of hydrogen-bond donors (Lipinski definition) is 0. The van der Waals surface area contributed by atoms with Crippen LogP contribution in [0.25, 0.3) is 0 Å². The van der Waals surface area contributed by atoms with Gasteiger partial charge in [0.05, 0.1) is 6.54 Å². The molecule has 0 N–H and O–H groups in total. The van der Waals surface area contributed by atoms with Gasteiger partial charge >= 0.3 is 5.97 Å². The Morgan fingerprint density at radius 2 is 1.86 bits per heavy atom. The van der Waals surface area contributed by atoms with Crippen molar-refractivity contribution in [2.45, 2.75) is 65.9 Å². The highest BCUT2D eigenvalue weighted by Gasteiger charge is 2.62. The molecule has 1 aliphatic heterocycles. The SMILES string of the molecule is CC1CCN(CC(=O)O[C@@H]2C[C@@H]3CC[C@@]2(C)C3(C)C)CC1. The quantitative estimate of drug-likeness (QED) is 0.746. The van der Waals surface area contributed by atoms with E-state index in [9.17, 15) is 4.79 Å². The predicted molar refractivity (Wildman–Crippen MR) is 83.9 cm³/mol. The van der Waals surface area contributed by atoms with Crippen molar-refractivity contribution < 1.29 is 9.53 Å². The van der Waals surface area contributed by atoms with E-state index in [1.165, 1.54) is 25.7 Å². The van der Waals surface area contributed by atoms with Gasteiger partial charge in [-0.1, -0.05) is 27.7 Å². The number of esters is 1. The summed E-state index contributed by atoms with van der Waals surface area (Å²) in [6.07, 6.45) is 6.16. The van der Waals surface area contributed by atoms with Crippen molar-refractivity contribution in [2.75, 3.05) is 19.6 Å². The maximum Gasteiger partial charge on any atom is 0.320 e. The molecular weight excluding hydrogens is 262 g/mol. The molecule has 3 rings (SSSR count). The van der Waals surface area contributed by atoms with E-state index < -0.39 is 0 Å². The van der Waals surface area contributed by atoms with Crippen molar-refractivity contribution >= 4 is 5.97 Å². The molecule has 1 saturated heterocycles. The normalized spacial score (nSPS) is 39.6. The first-order chi connectivity index (χ1) is 9.83. The third-order valence-corrected chi connectivity index (χ3v) is 7.22. The lowest BCUT2D eigenvalue weighted by Crippen LogP contribution is -2.42. The summed E-state index contributed by atoms with van der Waals surface area (Å²) in [5.41, 5.74) is 0.502. The van der Waals surface area contributed by atoms with Crippen LogP contribution in [0.2, 0.25) is 0 Å². The molecule has 2 saturated carbocycles. The molecule has 3 fully saturated rings. The second kappa shape index (κ2) is 5.26. The number of hydrogen-bond acceptors (Lipinski definition) is 3. The minimum Gasteiger partial charge on any atom is -0.461 e. The largest absolute Gasteiger partial charge is 0.461 e. The zero-order valence-corrected chi connectivity index (χ0v) is 14.2. The van der Waals surface area contributed by atoms with Crippen LogP contribution in [-0.2, 0) is 9.53 Å². The van der Waals surface area contributed by atoms with E-state index in [1.54, 1.807) is 0 Å². The number of carbonyl (C=O) groups excluding carboxylic acids is 1. The third-order valence-electron chi connectivity index (χ3n) is 7.22. The number of carbonyl (C=O) groups is 1. The molecule has 3 nitrogen and oxygen atoms in total. The van der Waals surface area contributed by atoms with E-state index in [-0.39, 0.29) is 17.5 Å². The van der Waals surface area contributed by atoms with Gasteiger partial charge in [0.1, 0.15) is 6.10 Å². The van der Waals surface area contributed by atoms with E-state index in [0.29, 0.717) is 12.0 Å². The summed E-state index contributed by atoms with van der Waals surface area (Å²) in [4.78, 5) is 14.6. The summed E-state index contributed by atoms with van der Waals surface area (Å²) in [6.45, 7) is 12.0. The van der Waals surface area contributed by atoms with Gasteiger partial charge in [0.25, 0.3) is 0 Å². The van der Waals surface area contributed by atoms with Crippen LogP contribution in [0.1, 0.15) is 59.8 Å². The lowest BCUT2D eigenvalue weighted by Gasteiger charge is -2.38. The van der Waals surface area contributed by atoms with Crippen LogP contribution in [0.3, 0.4) is 0 Å². The molecule has 0 radical (unpaired) electrons. The van der Waals surface area contributed by atoms with Crippen LogP contribution in [0.5, 0.6) is 0 Å².